The van der Waals surface area contributed by atoms with E-state index in [1.807, 2.05) is 12.1 Å². The molecule has 3 rings (SSSR count). The third kappa shape index (κ3) is 4.44. The third-order valence-electron chi connectivity index (χ3n) is 4.19. The molecule has 118 valence electrons. The molecule has 0 saturated carbocycles. The topological polar surface area (TPSA) is 48.6 Å². The van der Waals surface area contributed by atoms with E-state index in [0.29, 0.717) is 0 Å². The minimum atomic E-state index is -0.0983. The highest BCUT2D eigenvalue weighted by molar-refractivity contribution is 5.22. The number of aliphatic hydroxyl groups excluding tert-OH is 1. The molecular weight excluding hydrogens is 276 g/mol. The van der Waals surface area contributed by atoms with Gasteiger partial charge >= 0.3 is 0 Å². The van der Waals surface area contributed by atoms with Gasteiger partial charge in [0.05, 0.1) is 18.9 Å². The second-order valence-electron chi connectivity index (χ2n) is 6.01. The Morgan fingerprint density at radius 2 is 1.77 bits per heavy atom. The third-order valence-corrected chi connectivity index (χ3v) is 4.19. The first-order valence-electron chi connectivity index (χ1n) is 8.01. The normalized spacial score (nSPS) is 17.0. The van der Waals surface area contributed by atoms with Gasteiger partial charge in [0.25, 0.3) is 0 Å². The molecular formula is C18H24N2O2. The Labute approximate surface area is 131 Å². The van der Waals surface area contributed by atoms with Gasteiger partial charge in [0, 0.05) is 26.2 Å². The van der Waals surface area contributed by atoms with Crippen LogP contribution in [0.5, 0.6) is 0 Å². The Hall–Kier alpha value is -1.62. The van der Waals surface area contributed by atoms with E-state index in [1.165, 1.54) is 11.1 Å². The van der Waals surface area contributed by atoms with Crippen LogP contribution < -0.4 is 5.32 Å². The first-order valence-corrected chi connectivity index (χ1v) is 8.01. The van der Waals surface area contributed by atoms with Gasteiger partial charge in [-0.05, 0) is 36.1 Å². The van der Waals surface area contributed by atoms with E-state index >= 15 is 0 Å². The summed E-state index contributed by atoms with van der Waals surface area (Å²) in [4.78, 5) is 2.41. The van der Waals surface area contributed by atoms with Gasteiger partial charge in [-0.2, -0.15) is 0 Å². The number of nitrogens with one attached hydrogen (secondary N) is 1. The van der Waals surface area contributed by atoms with Gasteiger partial charge in [-0.15, -0.1) is 0 Å². The van der Waals surface area contributed by atoms with Gasteiger partial charge in [-0.1, -0.05) is 24.3 Å². The van der Waals surface area contributed by atoms with Gasteiger partial charge in [-0.25, -0.2) is 0 Å². The second-order valence-corrected chi connectivity index (χ2v) is 6.01. The summed E-state index contributed by atoms with van der Waals surface area (Å²) in [5.74, 6) is 0.962. The van der Waals surface area contributed by atoms with Crippen molar-refractivity contribution in [3.05, 3.63) is 59.5 Å². The average Bonchev–Trinajstić information content (AvgIpc) is 3.05. The van der Waals surface area contributed by atoms with Crippen LogP contribution in [0.1, 0.15) is 29.7 Å². The van der Waals surface area contributed by atoms with Crippen LogP contribution in [0.25, 0.3) is 0 Å². The van der Waals surface area contributed by atoms with E-state index in [1.54, 1.807) is 6.26 Å². The Bertz CT molecular complexity index is 543. The van der Waals surface area contributed by atoms with Crippen LogP contribution in [-0.2, 0) is 19.6 Å². The molecule has 0 aliphatic carbocycles. The molecule has 2 N–H and O–H groups in total. The Morgan fingerprint density at radius 3 is 2.45 bits per heavy atom. The lowest BCUT2D eigenvalue weighted by Crippen LogP contribution is -2.35. The summed E-state index contributed by atoms with van der Waals surface area (Å²) in [5, 5.41) is 12.9. The highest BCUT2D eigenvalue weighted by Crippen LogP contribution is 2.14. The van der Waals surface area contributed by atoms with Crippen LogP contribution in [0, 0.1) is 0 Å². The van der Waals surface area contributed by atoms with Crippen LogP contribution in [0.2, 0.25) is 0 Å². The fourth-order valence-electron chi connectivity index (χ4n) is 2.84. The summed E-state index contributed by atoms with van der Waals surface area (Å²) >= 11 is 0. The predicted octanol–water partition coefficient (Wildman–Crippen LogP) is 2.53. The van der Waals surface area contributed by atoms with Crippen molar-refractivity contribution in [2.45, 2.75) is 38.6 Å². The van der Waals surface area contributed by atoms with E-state index in [9.17, 15) is 5.11 Å². The maximum absolute atomic E-state index is 9.54. The zero-order valence-electron chi connectivity index (χ0n) is 12.9. The van der Waals surface area contributed by atoms with Crippen molar-refractivity contribution in [2.24, 2.45) is 0 Å². The van der Waals surface area contributed by atoms with E-state index in [-0.39, 0.29) is 6.10 Å². The number of hydrogen-bond acceptors (Lipinski definition) is 4. The highest BCUT2D eigenvalue weighted by Gasteiger charge is 2.16. The molecule has 1 aromatic heterocycles. The molecule has 4 heteroatoms. The molecule has 2 heterocycles. The number of benzene rings is 1. The molecule has 1 aromatic carbocycles. The fraction of sp³-hybridized carbons (Fsp3) is 0.444. The molecule has 0 amide bonds. The van der Waals surface area contributed by atoms with Gasteiger partial charge < -0.3 is 14.8 Å². The molecule has 2 aromatic rings. The largest absolute Gasteiger partial charge is 0.468 e. The molecule has 0 radical (unpaired) electrons. The standard InChI is InChI=1S/C18H24N2O2/c21-17-7-9-20(10-8-17)14-16-5-3-15(4-6-16)12-19-13-18-2-1-11-22-18/h1-6,11,17,19,21H,7-10,12-14H2. The van der Waals surface area contributed by atoms with Crippen molar-refractivity contribution >= 4 is 0 Å². The van der Waals surface area contributed by atoms with Crippen LogP contribution in [0.4, 0.5) is 0 Å². The van der Waals surface area contributed by atoms with Gasteiger partial charge in [0.1, 0.15) is 5.76 Å². The SMILES string of the molecule is OC1CCN(Cc2ccc(CNCc3ccco3)cc2)CC1. The summed E-state index contributed by atoms with van der Waals surface area (Å²) in [6, 6.07) is 12.7. The molecule has 1 aliphatic rings. The summed E-state index contributed by atoms with van der Waals surface area (Å²) in [6.45, 7) is 4.57. The van der Waals surface area contributed by atoms with Crippen molar-refractivity contribution in [1.82, 2.24) is 10.2 Å². The lowest BCUT2D eigenvalue weighted by atomic mass is 10.1. The molecule has 0 spiro atoms. The Balaban J connectivity index is 1.43. The maximum Gasteiger partial charge on any atom is 0.117 e. The minimum absolute atomic E-state index is 0.0983. The Kier molecular flexibility index (Phi) is 5.27. The number of aliphatic hydroxyl groups is 1. The van der Waals surface area contributed by atoms with Crippen molar-refractivity contribution < 1.29 is 9.52 Å². The lowest BCUT2D eigenvalue weighted by molar-refractivity contribution is 0.0792. The predicted molar refractivity (Wildman–Crippen MR) is 86.2 cm³/mol. The van der Waals surface area contributed by atoms with Crippen LogP contribution in [0.15, 0.2) is 47.1 Å². The van der Waals surface area contributed by atoms with Gasteiger partial charge in [0.2, 0.25) is 0 Å². The first kappa shape index (κ1) is 15.3. The summed E-state index contributed by atoms with van der Waals surface area (Å²) in [7, 11) is 0. The van der Waals surface area contributed by atoms with Crippen LogP contribution in [0.3, 0.4) is 0 Å². The molecule has 0 unspecified atom stereocenters. The number of hydrogen-bond donors (Lipinski definition) is 2. The zero-order chi connectivity index (χ0) is 15.2. The summed E-state index contributed by atoms with van der Waals surface area (Å²) in [5.41, 5.74) is 2.62. The lowest BCUT2D eigenvalue weighted by Gasteiger charge is -2.29. The number of nitrogens with zero attached hydrogens (tertiary/aromatic N) is 1. The first-order chi connectivity index (χ1) is 10.8. The molecule has 0 bridgehead atoms. The maximum atomic E-state index is 9.54. The fourth-order valence-corrected chi connectivity index (χ4v) is 2.84. The number of likely N-dealkylation sites (tertiary alicyclic amines) is 1. The van der Waals surface area contributed by atoms with Crippen molar-refractivity contribution in [3.63, 3.8) is 0 Å². The molecule has 22 heavy (non-hydrogen) atoms. The molecule has 1 fully saturated rings. The van der Waals surface area contributed by atoms with E-state index in [0.717, 1.165) is 51.3 Å². The van der Waals surface area contributed by atoms with Crippen molar-refractivity contribution in [2.75, 3.05) is 13.1 Å². The van der Waals surface area contributed by atoms with Crippen molar-refractivity contribution in [3.8, 4) is 0 Å². The number of rotatable bonds is 6. The summed E-state index contributed by atoms with van der Waals surface area (Å²) in [6.07, 6.45) is 3.40. The zero-order valence-corrected chi connectivity index (χ0v) is 12.9. The van der Waals surface area contributed by atoms with Gasteiger partial charge in [0.15, 0.2) is 0 Å². The summed E-state index contributed by atoms with van der Waals surface area (Å²) < 4.78 is 5.30. The van der Waals surface area contributed by atoms with Crippen LogP contribution >= 0.6 is 0 Å². The van der Waals surface area contributed by atoms with Crippen LogP contribution in [-0.4, -0.2) is 29.2 Å². The van der Waals surface area contributed by atoms with E-state index in [4.69, 9.17) is 4.42 Å². The monoisotopic (exact) mass is 300 g/mol. The number of piperidine rings is 1. The van der Waals surface area contributed by atoms with Crippen molar-refractivity contribution in [1.29, 1.82) is 0 Å². The highest BCUT2D eigenvalue weighted by atomic mass is 16.3. The smallest absolute Gasteiger partial charge is 0.117 e. The van der Waals surface area contributed by atoms with E-state index < -0.39 is 0 Å². The average molecular weight is 300 g/mol. The second kappa shape index (κ2) is 7.58. The van der Waals surface area contributed by atoms with Gasteiger partial charge in [-0.3, -0.25) is 4.90 Å². The molecule has 1 aliphatic heterocycles. The van der Waals surface area contributed by atoms with E-state index in [2.05, 4.69) is 34.5 Å². The molecule has 4 nitrogen and oxygen atoms in total. The quantitative estimate of drug-likeness (QED) is 0.860. The molecule has 1 saturated heterocycles. The minimum Gasteiger partial charge on any atom is -0.468 e. The number of furan rings is 1. The molecule has 0 atom stereocenters. The Morgan fingerprint density at radius 1 is 1.05 bits per heavy atom.